The number of aromatic nitrogens is 3. The fourth-order valence-electron chi connectivity index (χ4n) is 4.64. The number of amides is 2. The van der Waals surface area contributed by atoms with Gasteiger partial charge >= 0.3 is 11.7 Å². The van der Waals surface area contributed by atoms with E-state index in [0.29, 0.717) is 61.5 Å². The van der Waals surface area contributed by atoms with Crippen LogP contribution in [0.1, 0.15) is 36.0 Å². The number of alkyl carbamates (subject to hydrolysis) is 1. The number of aromatic amines is 1. The Morgan fingerprint density at radius 3 is 2.70 bits per heavy atom. The molecule has 2 amide bonds. The lowest BCUT2D eigenvalue weighted by molar-refractivity contribution is -0.0964. The first kappa shape index (κ1) is 29.7. The highest BCUT2D eigenvalue weighted by Gasteiger charge is 2.39. The second kappa shape index (κ2) is 12.6. The number of halogens is 3. The van der Waals surface area contributed by atoms with Crippen LogP contribution in [0.5, 0.6) is 5.75 Å². The maximum absolute atomic E-state index is 13.0. The first-order valence-electron chi connectivity index (χ1n) is 13.4. The highest BCUT2D eigenvalue weighted by Crippen LogP contribution is 2.36. The quantitative estimate of drug-likeness (QED) is 0.189. The third-order valence-electron chi connectivity index (χ3n) is 6.86. The molecule has 0 aliphatic carbocycles. The number of hydrogen-bond donors (Lipinski definition) is 3. The van der Waals surface area contributed by atoms with Crippen molar-refractivity contribution in [3.8, 4) is 29.4 Å². The fraction of sp³-hybridized carbons (Fsp3) is 0.357. The zero-order valence-corrected chi connectivity index (χ0v) is 23.5. The van der Waals surface area contributed by atoms with Crippen LogP contribution < -0.4 is 20.3 Å². The molecule has 2 aromatic heterocycles. The fourth-order valence-corrected chi connectivity index (χ4v) is 4.72. The van der Waals surface area contributed by atoms with Crippen molar-refractivity contribution in [2.75, 3.05) is 29.9 Å². The lowest BCUT2D eigenvalue weighted by atomic mass is 10.1. The molecule has 0 radical (unpaired) electrons. The zero-order chi connectivity index (χ0) is 30.5. The van der Waals surface area contributed by atoms with Crippen molar-refractivity contribution in [1.29, 1.82) is 0 Å². The van der Waals surface area contributed by atoms with E-state index in [4.69, 9.17) is 22.8 Å². The lowest BCUT2D eigenvalue weighted by Crippen LogP contribution is -2.38. The monoisotopic (exact) mass is 612 g/mol. The summed E-state index contributed by atoms with van der Waals surface area (Å²) in [6.45, 7) is 1.25. The van der Waals surface area contributed by atoms with Gasteiger partial charge in [-0.25, -0.2) is 9.78 Å². The number of carbonyl (C=O) groups is 2. The molecule has 224 valence electrons. The second-order valence-corrected chi connectivity index (χ2v) is 10.4. The molecule has 2 aliphatic heterocycles. The summed E-state index contributed by atoms with van der Waals surface area (Å²) in [5.41, 5.74) is -2.47. The van der Waals surface area contributed by atoms with Gasteiger partial charge in [-0.1, -0.05) is 0 Å². The number of alkyl halides is 3. The molecule has 3 N–H and O–H groups in total. The average Bonchev–Trinajstić information content (AvgIpc) is 3.32. The summed E-state index contributed by atoms with van der Waals surface area (Å²) in [4.78, 5) is 32.0. The number of rotatable bonds is 12. The third-order valence-corrected chi connectivity index (χ3v) is 6.94. The third kappa shape index (κ3) is 7.95. The Balaban J connectivity index is 1.19. The first-order valence-corrected chi connectivity index (χ1v) is 13.7. The number of nitrogens with zero attached hydrogens (tertiary/aromatic N) is 5. The molecular formula is C28H27ClF2N8O4. The number of hydrogen-bond acceptors (Lipinski definition) is 9. The molecule has 0 bridgehead atoms. The summed E-state index contributed by atoms with van der Waals surface area (Å²) >= 11 is 4.79. The minimum Gasteiger partial charge on any atom is -0.449 e. The molecular weight excluding hydrogens is 586 g/mol. The summed E-state index contributed by atoms with van der Waals surface area (Å²) in [5, 5.41) is 20.6. The number of terminal acetylenes is 1. The number of ether oxygens (including phenoxy) is 2. The number of carbonyl (C=O) groups excluding carboxylic acids is 2. The molecule has 3 aromatic rings. The van der Waals surface area contributed by atoms with Crippen LogP contribution in [0.4, 0.5) is 25.1 Å². The van der Waals surface area contributed by atoms with E-state index in [0.717, 1.165) is 0 Å². The highest BCUT2D eigenvalue weighted by atomic mass is 35.5. The van der Waals surface area contributed by atoms with Crippen LogP contribution in [0.25, 0.3) is 11.3 Å². The Kier molecular flexibility index (Phi) is 8.72. The van der Waals surface area contributed by atoms with Gasteiger partial charge in [-0.3, -0.25) is 9.89 Å². The van der Waals surface area contributed by atoms with Crippen molar-refractivity contribution in [2.24, 2.45) is 10.2 Å². The van der Waals surface area contributed by atoms with Gasteiger partial charge in [0.2, 0.25) is 0 Å². The zero-order valence-electron chi connectivity index (χ0n) is 22.7. The summed E-state index contributed by atoms with van der Waals surface area (Å²) in [6.07, 6.45) is 10.2. The summed E-state index contributed by atoms with van der Waals surface area (Å²) < 4.78 is 35.3. The Morgan fingerprint density at radius 2 is 2.02 bits per heavy atom. The van der Waals surface area contributed by atoms with Gasteiger partial charge in [0.1, 0.15) is 11.6 Å². The normalized spacial score (nSPS) is 16.8. The minimum absolute atomic E-state index is 0.160. The van der Waals surface area contributed by atoms with Gasteiger partial charge in [0.05, 0.1) is 23.9 Å². The van der Waals surface area contributed by atoms with Gasteiger partial charge in [-0.05, 0) is 42.8 Å². The van der Waals surface area contributed by atoms with Crippen LogP contribution in [0.3, 0.4) is 0 Å². The van der Waals surface area contributed by atoms with Gasteiger partial charge in [0.15, 0.2) is 5.66 Å². The molecule has 1 saturated heterocycles. The van der Waals surface area contributed by atoms with Crippen molar-refractivity contribution in [2.45, 2.75) is 43.0 Å². The van der Waals surface area contributed by atoms with E-state index >= 15 is 0 Å². The molecule has 15 heteroatoms. The Bertz CT molecular complexity index is 1520. The van der Waals surface area contributed by atoms with Gasteiger partial charge in [-0.15, -0.1) is 21.1 Å². The SMILES string of the molecule is C#CCCC1(CCOC(=O)N[C@@H]2CCN(c3ncc(C(=O)Nc4ccc(OC(F)(F)Cl)cc4)cc3-c3ccn[nH]3)C2)N=N1. The summed E-state index contributed by atoms with van der Waals surface area (Å²) in [7, 11) is 0. The maximum Gasteiger partial charge on any atom is 0.487 e. The summed E-state index contributed by atoms with van der Waals surface area (Å²) in [5.74, 6) is 2.55. The van der Waals surface area contributed by atoms with E-state index in [1.54, 1.807) is 18.3 Å². The van der Waals surface area contributed by atoms with Crippen molar-refractivity contribution in [3.05, 3.63) is 54.4 Å². The minimum atomic E-state index is -3.84. The van der Waals surface area contributed by atoms with Crippen molar-refractivity contribution in [3.63, 3.8) is 0 Å². The molecule has 1 atom stereocenters. The Hall–Kier alpha value is -4.77. The summed E-state index contributed by atoms with van der Waals surface area (Å²) in [6, 6.07) is 8.58. The number of anilines is 2. The van der Waals surface area contributed by atoms with Crippen LogP contribution in [0, 0.1) is 12.3 Å². The van der Waals surface area contributed by atoms with Crippen LogP contribution in [-0.4, -0.2) is 64.2 Å². The van der Waals surface area contributed by atoms with Gasteiger partial charge in [0, 0.05) is 67.6 Å². The molecule has 0 saturated carbocycles. The van der Waals surface area contributed by atoms with E-state index in [9.17, 15) is 18.4 Å². The Labute approximate surface area is 250 Å². The van der Waals surface area contributed by atoms with Crippen molar-refractivity contribution < 1.29 is 27.8 Å². The van der Waals surface area contributed by atoms with Crippen LogP contribution >= 0.6 is 11.6 Å². The van der Waals surface area contributed by atoms with E-state index in [1.807, 2.05) is 4.90 Å². The van der Waals surface area contributed by atoms with Gasteiger partial charge in [-0.2, -0.15) is 15.3 Å². The van der Waals surface area contributed by atoms with E-state index in [1.165, 1.54) is 30.5 Å². The molecule has 1 aromatic carbocycles. The predicted octanol–water partition coefficient (Wildman–Crippen LogP) is 5.16. The maximum atomic E-state index is 13.0. The molecule has 2 aliphatic rings. The van der Waals surface area contributed by atoms with Crippen LogP contribution in [0.15, 0.2) is 59.0 Å². The lowest BCUT2D eigenvalue weighted by Gasteiger charge is -2.21. The molecule has 0 unspecified atom stereocenters. The Morgan fingerprint density at radius 1 is 1.23 bits per heavy atom. The van der Waals surface area contributed by atoms with E-state index in [-0.39, 0.29) is 24.0 Å². The van der Waals surface area contributed by atoms with E-state index in [2.05, 4.69) is 46.7 Å². The van der Waals surface area contributed by atoms with E-state index < -0.39 is 23.2 Å². The molecule has 4 heterocycles. The molecule has 1 fully saturated rings. The van der Waals surface area contributed by atoms with Crippen molar-refractivity contribution in [1.82, 2.24) is 20.5 Å². The molecule has 12 nitrogen and oxygen atoms in total. The smallest absolute Gasteiger partial charge is 0.449 e. The standard InChI is InChI=1S/C28H27ClF2N8O4/c1-2-3-10-27(37-38-27)11-14-42-26(41)35-20-9-13-39(17-20)24-22(23-8-12-33-36-23)15-18(16-32-24)25(40)34-19-4-6-21(7-5-19)43-28(29,30)31/h1,4-8,12,15-16,20H,3,9-11,13-14,17H2,(H,33,36)(H,34,40)(H,35,41)/t20-/m1/s1. The predicted molar refractivity (Wildman–Crippen MR) is 153 cm³/mol. The number of pyridine rings is 1. The molecule has 5 rings (SSSR count). The van der Waals surface area contributed by atoms with Gasteiger partial charge < -0.3 is 25.0 Å². The van der Waals surface area contributed by atoms with Crippen molar-refractivity contribution >= 4 is 35.1 Å². The molecule has 0 spiro atoms. The highest BCUT2D eigenvalue weighted by molar-refractivity contribution is 6.20. The average molecular weight is 613 g/mol. The number of nitrogens with one attached hydrogen (secondary N) is 3. The first-order chi connectivity index (χ1) is 20.6. The number of benzene rings is 1. The van der Waals surface area contributed by atoms with Crippen LogP contribution in [0.2, 0.25) is 0 Å². The number of H-pyrrole nitrogens is 1. The topological polar surface area (TPSA) is 146 Å². The second-order valence-electron chi connectivity index (χ2n) is 9.94. The largest absolute Gasteiger partial charge is 0.487 e. The van der Waals surface area contributed by atoms with Gasteiger partial charge in [0.25, 0.3) is 5.91 Å². The molecule has 43 heavy (non-hydrogen) atoms. The van der Waals surface area contributed by atoms with Crippen LogP contribution in [-0.2, 0) is 4.74 Å².